The summed E-state index contributed by atoms with van der Waals surface area (Å²) >= 11 is 0. The van der Waals surface area contributed by atoms with Gasteiger partial charge in [-0.1, -0.05) is 80.4 Å². The van der Waals surface area contributed by atoms with Gasteiger partial charge < -0.3 is 25.4 Å². The molecular weight excluding hydrogens is 514 g/mol. The zero-order valence-corrected chi connectivity index (χ0v) is 24.1. The predicted molar refractivity (Wildman–Crippen MR) is 163 cm³/mol. The lowest BCUT2D eigenvalue weighted by molar-refractivity contribution is -0.117. The van der Waals surface area contributed by atoms with Crippen molar-refractivity contribution in [3.63, 3.8) is 0 Å². The smallest absolute Gasteiger partial charge is 0.251 e. The number of unbranched alkanes of at least 4 members (excludes halogenated alkanes) is 2. The number of carbonyl (C=O) groups excluding carboxylic acids is 2. The fourth-order valence-electron chi connectivity index (χ4n) is 5.09. The molecular formula is C34H43N3O4. The molecule has 1 aliphatic rings. The Hall–Kier alpha value is -3.68. The highest BCUT2D eigenvalue weighted by atomic mass is 16.5. The number of ether oxygens (including phenoxy) is 1. The van der Waals surface area contributed by atoms with Crippen LogP contribution in [0.25, 0.3) is 0 Å². The van der Waals surface area contributed by atoms with E-state index in [0.29, 0.717) is 49.5 Å². The third-order valence-corrected chi connectivity index (χ3v) is 7.42. The van der Waals surface area contributed by atoms with Crippen LogP contribution in [0.3, 0.4) is 0 Å². The van der Waals surface area contributed by atoms with E-state index >= 15 is 0 Å². The molecule has 7 heteroatoms. The van der Waals surface area contributed by atoms with E-state index in [1.54, 1.807) is 17.0 Å². The first-order chi connectivity index (χ1) is 20.0. The van der Waals surface area contributed by atoms with Crippen molar-refractivity contribution in [3.05, 3.63) is 95.6 Å². The summed E-state index contributed by atoms with van der Waals surface area (Å²) in [6.45, 7) is 4.39. The topological polar surface area (TPSA) is 90.9 Å². The van der Waals surface area contributed by atoms with Gasteiger partial charge >= 0.3 is 0 Å². The molecule has 2 amide bonds. The maximum Gasteiger partial charge on any atom is 0.251 e. The predicted octanol–water partition coefficient (Wildman–Crippen LogP) is 4.92. The van der Waals surface area contributed by atoms with Crippen LogP contribution < -0.4 is 20.3 Å². The van der Waals surface area contributed by atoms with Gasteiger partial charge in [0.15, 0.2) is 0 Å². The summed E-state index contributed by atoms with van der Waals surface area (Å²) in [6, 6.07) is 24.9. The van der Waals surface area contributed by atoms with Crippen LogP contribution in [0, 0.1) is 0 Å². The second-order valence-electron chi connectivity index (χ2n) is 10.7. The number of benzene rings is 3. The molecule has 218 valence electrons. The summed E-state index contributed by atoms with van der Waals surface area (Å²) in [5, 5.41) is 17.6. The molecule has 0 aliphatic carbocycles. The number of nitrogens with one attached hydrogen (secondary N) is 2. The van der Waals surface area contributed by atoms with Crippen molar-refractivity contribution >= 4 is 17.5 Å². The van der Waals surface area contributed by atoms with Gasteiger partial charge in [0.2, 0.25) is 5.91 Å². The maximum absolute atomic E-state index is 13.6. The monoisotopic (exact) mass is 557 g/mol. The second kappa shape index (κ2) is 15.9. The first-order valence-corrected chi connectivity index (χ1v) is 14.9. The van der Waals surface area contributed by atoms with E-state index in [1.807, 2.05) is 54.6 Å². The average Bonchev–Trinajstić information content (AvgIpc) is 3.43. The summed E-state index contributed by atoms with van der Waals surface area (Å²) in [4.78, 5) is 27.9. The van der Waals surface area contributed by atoms with E-state index in [0.717, 1.165) is 44.2 Å². The van der Waals surface area contributed by atoms with E-state index in [-0.39, 0.29) is 11.8 Å². The fraction of sp³-hybridized carbons (Fsp3) is 0.412. The van der Waals surface area contributed by atoms with E-state index in [4.69, 9.17) is 4.74 Å². The van der Waals surface area contributed by atoms with Gasteiger partial charge in [0.1, 0.15) is 5.75 Å². The molecule has 4 rings (SSSR count). The molecule has 7 nitrogen and oxygen atoms in total. The Bertz CT molecular complexity index is 1240. The Labute approximate surface area is 243 Å². The summed E-state index contributed by atoms with van der Waals surface area (Å²) < 4.78 is 6.01. The summed E-state index contributed by atoms with van der Waals surface area (Å²) in [6.07, 6.45) is 4.92. The SMILES string of the molecule is CCCCCOc1cc(C(=O)N[C@@H](Cc2ccccc2)[C@H](O)CNCCc2ccccc2)cc(N2CCCC2=O)c1. The van der Waals surface area contributed by atoms with Crippen LogP contribution in [0.2, 0.25) is 0 Å². The fourth-order valence-corrected chi connectivity index (χ4v) is 5.09. The molecule has 0 radical (unpaired) electrons. The number of carbonyl (C=O) groups is 2. The zero-order valence-electron chi connectivity index (χ0n) is 24.1. The van der Waals surface area contributed by atoms with Gasteiger partial charge in [0.05, 0.1) is 18.8 Å². The highest BCUT2D eigenvalue weighted by Gasteiger charge is 2.26. The van der Waals surface area contributed by atoms with Gasteiger partial charge in [-0.2, -0.15) is 0 Å². The average molecular weight is 558 g/mol. The molecule has 1 heterocycles. The lowest BCUT2D eigenvalue weighted by atomic mass is 10.00. The van der Waals surface area contributed by atoms with E-state index < -0.39 is 12.1 Å². The molecule has 1 saturated heterocycles. The molecule has 0 bridgehead atoms. The van der Waals surface area contributed by atoms with Gasteiger partial charge in [0.25, 0.3) is 5.91 Å². The number of nitrogens with zero attached hydrogens (tertiary/aromatic N) is 1. The Morgan fingerprint density at radius 1 is 1.00 bits per heavy atom. The highest BCUT2D eigenvalue weighted by Crippen LogP contribution is 2.28. The minimum atomic E-state index is -0.803. The Balaban J connectivity index is 1.47. The van der Waals surface area contributed by atoms with Crippen LogP contribution in [-0.2, 0) is 17.6 Å². The number of hydrogen-bond donors (Lipinski definition) is 3. The number of amides is 2. The summed E-state index contributed by atoms with van der Waals surface area (Å²) in [5.74, 6) is 0.325. The molecule has 3 aromatic carbocycles. The van der Waals surface area contributed by atoms with Gasteiger partial charge in [-0.25, -0.2) is 0 Å². The zero-order chi connectivity index (χ0) is 28.9. The summed E-state index contributed by atoms with van der Waals surface area (Å²) in [5.41, 5.74) is 3.34. The highest BCUT2D eigenvalue weighted by molar-refractivity contribution is 5.99. The number of anilines is 1. The van der Waals surface area contributed by atoms with Crippen LogP contribution in [-0.4, -0.2) is 55.3 Å². The van der Waals surface area contributed by atoms with Gasteiger partial charge in [0, 0.05) is 36.8 Å². The van der Waals surface area contributed by atoms with E-state index in [1.165, 1.54) is 5.56 Å². The first-order valence-electron chi connectivity index (χ1n) is 14.9. The van der Waals surface area contributed by atoms with Crippen molar-refractivity contribution in [3.8, 4) is 5.75 Å². The minimum absolute atomic E-state index is 0.0541. The third-order valence-electron chi connectivity index (χ3n) is 7.42. The van der Waals surface area contributed by atoms with Crippen LogP contribution in [0.5, 0.6) is 5.75 Å². The quantitative estimate of drug-likeness (QED) is 0.218. The van der Waals surface area contributed by atoms with Crippen LogP contribution in [0.1, 0.15) is 60.5 Å². The van der Waals surface area contributed by atoms with Crippen molar-refractivity contribution in [1.29, 1.82) is 0 Å². The van der Waals surface area contributed by atoms with Crippen molar-refractivity contribution in [2.24, 2.45) is 0 Å². The lowest BCUT2D eigenvalue weighted by Gasteiger charge is -2.25. The molecule has 0 saturated carbocycles. The molecule has 0 spiro atoms. The molecule has 41 heavy (non-hydrogen) atoms. The molecule has 0 unspecified atom stereocenters. The van der Waals surface area contributed by atoms with Crippen LogP contribution in [0.4, 0.5) is 5.69 Å². The molecule has 1 fully saturated rings. The standard InChI is InChI=1S/C34H43N3O4/c1-2-3-10-20-41-30-23-28(22-29(24-30)37-19-11-16-33(37)39)34(40)36-31(21-27-14-8-5-9-15-27)32(38)25-35-18-17-26-12-6-4-7-13-26/h4-9,12-15,22-24,31-32,35,38H,2-3,10-11,16-21,25H2,1H3,(H,36,40)/t31-,32+/m0/s1. The number of hydrogen-bond acceptors (Lipinski definition) is 5. The summed E-state index contributed by atoms with van der Waals surface area (Å²) in [7, 11) is 0. The molecule has 3 aromatic rings. The Kier molecular flexibility index (Phi) is 11.8. The van der Waals surface area contributed by atoms with Gasteiger partial charge in [-0.15, -0.1) is 0 Å². The second-order valence-corrected chi connectivity index (χ2v) is 10.7. The van der Waals surface area contributed by atoms with Crippen molar-refractivity contribution in [1.82, 2.24) is 10.6 Å². The van der Waals surface area contributed by atoms with Crippen molar-refractivity contribution < 1.29 is 19.4 Å². The van der Waals surface area contributed by atoms with Crippen molar-refractivity contribution in [2.45, 2.75) is 64.0 Å². The van der Waals surface area contributed by atoms with Gasteiger partial charge in [-0.05, 0) is 55.5 Å². The van der Waals surface area contributed by atoms with Gasteiger partial charge in [-0.3, -0.25) is 9.59 Å². The van der Waals surface area contributed by atoms with Crippen molar-refractivity contribution in [2.75, 3.05) is 31.1 Å². The molecule has 1 aliphatic heterocycles. The lowest BCUT2D eigenvalue weighted by Crippen LogP contribution is -2.49. The number of aliphatic hydroxyl groups is 1. The van der Waals surface area contributed by atoms with E-state index in [9.17, 15) is 14.7 Å². The Morgan fingerprint density at radius 3 is 2.41 bits per heavy atom. The minimum Gasteiger partial charge on any atom is -0.493 e. The largest absolute Gasteiger partial charge is 0.493 e. The maximum atomic E-state index is 13.6. The first kappa shape index (κ1) is 30.3. The van der Waals surface area contributed by atoms with Crippen LogP contribution in [0.15, 0.2) is 78.9 Å². The third kappa shape index (κ3) is 9.44. The molecule has 3 N–H and O–H groups in total. The van der Waals surface area contributed by atoms with E-state index in [2.05, 4.69) is 29.7 Å². The molecule has 0 aromatic heterocycles. The number of rotatable bonds is 16. The normalized spacial score (nSPS) is 14.6. The Morgan fingerprint density at radius 2 is 1.73 bits per heavy atom. The molecule has 2 atom stereocenters. The van der Waals surface area contributed by atoms with Crippen LogP contribution >= 0.6 is 0 Å². The number of aliphatic hydroxyl groups excluding tert-OH is 1.